The van der Waals surface area contributed by atoms with Gasteiger partial charge in [0.05, 0.1) is 12.1 Å². The number of amides is 1. The van der Waals surface area contributed by atoms with Crippen molar-refractivity contribution in [2.24, 2.45) is 5.73 Å². The smallest absolute Gasteiger partial charge is 0.246 e. The molecule has 1 saturated carbocycles. The molecule has 1 heterocycles. The number of aromatic nitrogens is 2. The Morgan fingerprint density at radius 2 is 2.14 bits per heavy atom. The van der Waals surface area contributed by atoms with E-state index in [4.69, 9.17) is 15.0 Å². The molecule has 1 aliphatic rings. The van der Waals surface area contributed by atoms with Gasteiger partial charge in [0.15, 0.2) is 5.82 Å². The van der Waals surface area contributed by atoms with E-state index in [1.807, 2.05) is 13.8 Å². The summed E-state index contributed by atoms with van der Waals surface area (Å²) in [4.78, 5) is 18.4. The molecule has 2 rings (SSSR count). The van der Waals surface area contributed by atoms with Gasteiger partial charge in [-0.1, -0.05) is 24.4 Å². The first kappa shape index (κ1) is 16.9. The number of likely N-dealkylation sites (N-methyl/N-ethyl adjacent to an activating group) is 1. The first-order valence-electron chi connectivity index (χ1n) is 7.95. The van der Waals surface area contributed by atoms with Crippen molar-refractivity contribution in [2.45, 2.75) is 64.1 Å². The quantitative estimate of drug-likeness (QED) is 0.860. The molecule has 0 saturated heterocycles. The fourth-order valence-corrected chi connectivity index (χ4v) is 2.87. The number of hydrogen-bond acceptors (Lipinski definition) is 6. The summed E-state index contributed by atoms with van der Waals surface area (Å²) >= 11 is 0. The fraction of sp³-hybridized carbons (Fsp3) is 0.800. The number of carbonyl (C=O) groups is 1. The molecule has 1 aliphatic carbocycles. The normalized spacial score (nSPS) is 18.9. The van der Waals surface area contributed by atoms with Crippen molar-refractivity contribution in [1.29, 1.82) is 0 Å². The molecule has 22 heavy (non-hydrogen) atoms. The molecule has 1 aromatic heterocycles. The minimum atomic E-state index is -0.742. The lowest BCUT2D eigenvalue weighted by atomic mass is 9.81. The Bertz CT molecular complexity index is 497. The van der Waals surface area contributed by atoms with Crippen molar-refractivity contribution in [2.75, 3.05) is 13.7 Å². The highest BCUT2D eigenvalue weighted by atomic mass is 16.5. The minimum absolute atomic E-state index is 0.0511. The van der Waals surface area contributed by atoms with Gasteiger partial charge in [0.25, 0.3) is 0 Å². The average Bonchev–Trinajstić information content (AvgIpc) is 2.96. The van der Waals surface area contributed by atoms with Gasteiger partial charge in [-0.3, -0.25) is 4.79 Å². The van der Waals surface area contributed by atoms with E-state index in [0.717, 1.165) is 32.1 Å². The second-order valence-electron chi connectivity index (χ2n) is 6.02. The van der Waals surface area contributed by atoms with Crippen LogP contribution in [0.15, 0.2) is 4.52 Å². The van der Waals surface area contributed by atoms with Crippen molar-refractivity contribution < 1.29 is 14.1 Å². The van der Waals surface area contributed by atoms with Gasteiger partial charge < -0.3 is 19.9 Å². The number of ether oxygens (including phenoxy) is 1. The maximum absolute atomic E-state index is 12.6. The molecule has 1 fully saturated rings. The summed E-state index contributed by atoms with van der Waals surface area (Å²) in [6, 6.07) is 0. The van der Waals surface area contributed by atoms with Crippen LogP contribution in [0.4, 0.5) is 0 Å². The molecule has 7 heteroatoms. The van der Waals surface area contributed by atoms with Crippen LogP contribution >= 0.6 is 0 Å². The highest BCUT2D eigenvalue weighted by molar-refractivity contribution is 5.85. The Morgan fingerprint density at radius 1 is 1.45 bits per heavy atom. The Morgan fingerprint density at radius 3 is 2.77 bits per heavy atom. The summed E-state index contributed by atoms with van der Waals surface area (Å²) < 4.78 is 10.6. The zero-order chi connectivity index (χ0) is 16.2. The molecule has 0 aliphatic heterocycles. The van der Waals surface area contributed by atoms with Gasteiger partial charge in [0.2, 0.25) is 11.8 Å². The van der Waals surface area contributed by atoms with E-state index in [1.165, 1.54) is 0 Å². The van der Waals surface area contributed by atoms with E-state index in [1.54, 1.807) is 11.9 Å². The second-order valence-corrected chi connectivity index (χ2v) is 6.02. The Kier molecular flexibility index (Phi) is 5.52. The average molecular weight is 310 g/mol. The topological polar surface area (TPSA) is 94.5 Å². The van der Waals surface area contributed by atoms with Gasteiger partial charge in [-0.25, -0.2) is 0 Å². The highest BCUT2D eigenvalue weighted by Crippen LogP contribution is 2.27. The monoisotopic (exact) mass is 310 g/mol. The molecule has 0 bridgehead atoms. The van der Waals surface area contributed by atoms with Crippen LogP contribution in [0.3, 0.4) is 0 Å². The van der Waals surface area contributed by atoms with Gasteiger partial charge in [0.1, 0.15) is 6.10 Å². The first-order chi connectivity index (χ1) is 10.5. The zero-order valence-electron chi connectivity index (χ0n) is 13.7. The molecule has 1 aromatic rings. The van der Waals surface area contributed by atoms with Crippen LogP contribution in [-0.2, 0) is 16.1 Å². The predicted molar refractivity (Wildman–Crippen MR) is 80.8 cm³/mol. The summed E-state index contributed by atoms with van der Waals surface area (Å²) in [5.41, 5.74) is 5.53. The van der Waals surface area contributed by atoms with Crippen LogP contribution in [-0.4, -0.2) is 40.1 Å². The molecule has 1 amide bonds. The third-order valence-electron chi connectivity index (χ3n) is 4.15. The van der Waals surface area contributed by atoms with Crippen molar-refractivity contribution in [1.82, 2.24) is 15.0 Å². The van der Waals surface area contributed by atoms with Gasteiger partial charge in [-0.15, -0.1) is 0 Å². The lowest BCUT2D eigenvalue weighted by molar-refractivity contribution is -0.137. The lowest BCUT2D eigenvalue weighted by Crippen LogP contribution is -2.55. The molecule has 0 aromatic carbocycles. The maximum atomic E-state index is 12.6. The van der Waals surface area contributed by atoms with E-state index in [2.05, 4.69) is 10.1 Å². The highest BCUT2D eigenvalue weighted by Gasteiger charge is 2.37. The third-order valence-corrected chi connectivity index (χ3v) is 4.15. The fourth-order valence-electron chi connectivity index (χ4n) is 2.87. The molecule has 124 valence electrons. The van der Waals surface area contributed by atoms with E-state index in [0.29, 0.717) is 18.3 Å². The van der Waals surface area contributed by atoms with Crippen LogP contribution in [0, 0.1) is 0 Å². The van der Waals surface area contributed by atoms with Crippen LogP contribution in [0.5, 0.6) is 0 Å². The van der Waals surface area contributed by atoms with Gasteiger partial charge in [-0.05, 0) is 26.7 Å². The largest absolute Gasteiger partial charge is 0.371 e. The van der Waals surface area contributed by atoms with E-state index in [9.17, 15) is 4.79 Å². The first-order valence-corrected chi connectivity index (χ1v) is 7.95. The number of hydrogen-bond donors (Lipinski definition) is 1. The predicted octanol–water partition coefficient (Wildman–Crippen LogP) is 1.79. The molecule has 0 radical (unpaired) electrons. The summed E-state index contributed by atoms with van der Waals surface area (Å²) in [5.74, 6) is 0.847. The standard InChI is InChI=1S/C15H26N4O3/c1-4-21-11(2)13-17-12(22-18-13)10-19(3)14(20)15(16)8-6-5-7-9-15/h11H,4-10,16H2,1-3H3. The zero-order valence-corrected chi connectivity index (χ0v) is 13.7. The Balaban J connectivity index is 1.96. The van der Waals surface area contributed by atoms with Crippen molar-refractivity contribution in [3.8, 4) is 0 Å². The molecular formula is C15H26N4O3. The van der Waals surface area contributed by atoms with Gasteiger partial charge in [0, 0.05) is 13.7 Å². The third kappa shape index (κ3) is 3.84. The van der Waals surface area contributed by atoms with E-state index in [-0.39, 0.29) is 18.6 Å². The second kappa shape index (κ2) is 7.19. The van der Waals surface area contributed by atoms with Crippen LogP contribution in [0.2, 0.25) is 0 Å². The molecule has 2 N–H and O–H groups in total. The lowest BCUT2D eigenvalue weighted by Gasteiger charge is -2.34. The van der Waals surface area contributed by atoms with Crippen LogP contribution in [0.1, 0.15) is 63.8 Å². The molecule has 1 unspecified atom stereocenters. The number of nitrogens with two attached hydrogens (primary N) is 1. The van der Waals surface area contributed by atoms with E-state index >= 15 is 0 Å². The van der Waals surface area contributed by atoms with Gasteiger partial charge in [-0.2, -0.15) is 4.98 Å². The summed E-state index contributed by atoms with van der Waals surface area (Å²) in [6.07, 6.45) is 4.43. The molecule has 0 spiro atoms. The van der Waals surface area contributed by atoms with E-state index < -0.39 is 5.54 Å². The summed E-state index contributed by atoms with van der Waals surface area (Å²) in [6.45, 7) is 4.63. The Hall–Kier alpha value is -1.47. The molecular weight excluding hydrogens is 284 g/mol. The summed E-state index contributed by atoms with van der Waals surface area (Å²) in [7, 11) is 1.72. The van der Waals surface area contributed by atoms with Crippen LogP contribution in [0.25, 0.3) is 0 Å². The molecule has 1 atom stereocenters. The van der Waals surface area contributed by atoms with Crippen molar-refractivity contribution in [3.63, 3.8) is 0 Å². The van der Waals surface area contributed by atoms with Gasteiger partial charge >= 0.3 is 0 Å². The Labute approximate surface area is 131 Å². The SMILES string of the molecule is CCOC(C)c1noc(CN(C)C(=O)C2(N)CCCCC2)n1. The number of nitrogens with zero attached hydrogens (tertiary/aromatic N) is 3. The van der Waals surface area contributed by atoms with Crippen molar-refractivity contribution >= 4 is 5.91 Å². The molecule has 7 nitrogen and oxygen atoms in total. The number of rotatable bonds is 6. The number of carbonyl (C=O) groups excluding carboxylic acids is 1. The minimum Gasteiger partial charge on any atom is -0.371 e. The van der Waals surface area contributed by atoms with Crippen molar-refractivity contribution in [3.05, 3.63) is 11.7 Å². The maximum Gasteiger partial charge on any atom is 0.246 e. The summed E-state index contributed by atoms with van der Waals surface area (Å²) in [5, 5.41) is 3.90. The van der Waals surface area contributed by atoms with Crippen LogP contribution < -0.4 is 5.73 Å².